The van der Waals surface area contributed by atoms with E-state index < -0.39 is 20.8 Å². The van der Waals surface area contributed by atoms with Gasteiger partial charge < -0.3 is 5.73 Å². The summed E-state index contributed by atoms with van der Waals surface area (Å²) in [5.74, 6) is 0. The van der Waals surface area contributed by atoms with Crippen LogP contribution >= 0.6 is 17.0 Å². The molecule has 0 fully saturated rings. The Morgan fingerprint density at radius 2 is 1.71 bits per heavy atom. The van der Waals surface area contributed by atoms with E-state index in [-0.39, 0.29) is 0 Å². The topological polar surface area (TPSA) is 26.0 Å². The fraction of sp³-hybridized carbons (Fsp3) is 0.118. The van der Waals surface area contributed by atoms with Crippen molar-refractivity contribution >= 4 is 23.1 Å². The van der Waals surface area contributed by atoms with Gasteiger partial charge in [-0.1, -0.05) is 54.1 Å². The van der Waals surface area contributed by atoms with Crippen molar-refractivity contribution in [3.05, 3.63) is 71.1 Å². The summed E-state index contributed by atoms with van der Waals surface area (Å²) in [5, 5.41) is 0. The first-order valence-corrected chi connectivity index (χ1v) is 12.9. The molecule has 0 spiro atoms. The van der Waals surface area contributed by atoms with Gasteiger partial charge in [0.05, 0.1) is 0 Å². The van der Waals surface area contributed by atoms with E-state index in [2.05, 4.69) is 61.9 Å². The molecular weight excluding hydrogens is 380 g/mol. The summed E-state index contributed by atoms with van der Waals surface area (Å²) in [5.41, 5.74) is 13.3. The average Bonchev–Trinajstić information content (AvgIpc) is 2.88. The summed E-state index contributed by atoms with van der Waals surface area (Å²) in [6.07, 6.45) is 4.48. The van der Waals surface area contributed by atoms with Crippen molar-refractivity contribution in [3.8, 4) is 11.1 Å². The zero-order valence-electron chi connectivity index (χ0n) is 11.7. The summed E-state index contributed by atoms with van der Waals surface area (Å²) < 4.78 is 0. The Hall–Kier alpha value is -0.397. The van der Waals surface area contributed by atoms with Crippen LogP contribution in [0.1, 0.15) is 23.6 Å². The summed E-state index contributed by atoms with van der Waals surface area (Å²) in [6.45, 7) is 2.74. The third kappa shape index (κ3) is 4.30. The molecule has 3 rings (SSSR count). The van der Waals surface area contributed by atoms with Crippen molar-refractivity contribution in [1.29, 1.82) is 0 Å². The minimum atomic E-state index is -0.826. The molecule has 0 unspecified atom stereocenters. The standard InChI is InChI=1S/C17H16N.2ClH.Zr/c1-12-9-15-3-2-4-16(17(15)10-12)14-7-5-13(11-18)6-8-14;;;/h2-10H,11,18H2,1H3;2*1H;/q;;;+2/p-2. The summed E-state index contributed by atoms with van der Waals surface area (Å²) in [4.78, 5) is 0. The third-order valence-corrected chi connectivity index (χ3v) is 3.40. The maximum absolute atomic E-state index is 5.63. The number of allylic oxidation sites excluding steroid dienone is 1. The molecule has 2 N–H and O–H groups in total. The molecule has 4 heteroatoms. The van der Waals surface area contributed by atoms with E-state index >= 15 is 0 Å². The van der Waals surface area contributed by atoms with Crippen LogP contribution in [0.5, 0.6) is 0 Å². The normalized spacial score (nSPS) is 12.1. The van der Waals surface area contributed by atoms with Gasteiger partial charge in [-0.25, -0.2) is 0 Å². The Balaban J connectivity index is 0.000000497. The fourth-order valence-corrected chi connectivity index (χ4v) is 2.46. The molecule has 1 aliphatic carbocycles. The molecule has 21 heavy (non-hydrogen) atoms. The minimum absolute atomic E-state index is 0.597. The Bertz CT molecular complexity index is 636. The van der Waals surface area contributed by atoms with Gasteiger partial charge in [0.25, 0.3) is 0 Å². The van der Waals surface area contributed by atoms with Gasteiger partial charge >= 0.3 is 37.9 Å². The van der Waals surface area contributed by atoms with E-state index in [4.69, 9.17) is 22.8 Å². The second kappa shape index (κ2) is 8.29. The van der Waals surface area contributed by atoms with Gasteiger partial charge in [0.15, 0.2) is 0 Å². The van der Waals surface area contributed by atoms with Crippen LogP contribution in [0.2, 0.25) is 0 Å². The Kier molecular flexibility index (Phi) is 6.70. The first-order chi connectivity index (χ1) is 10.2. The number of hydrogen-bond donors (Lipinski definition) is 1. The third-order valence-electron chi connectivity index (χ3n) is 3.40. The first kappa shape index (κ1) is 17.0. The van der Waals surface area contributed by atoms with Crippen molar-refractivity contribution in [1.82, 2.24) is 0 Å². The number of benzene rings is 2. The summed E-state index contributed by atoms with van der Waals surface area (Å²) in [7, 11) is 9.87. The van der Waals surface area contributed by atoms with E-state index in [1.54, 1.807) is 0 Å². The van der Waals surface area contributed by atoms with Crippen LogP contribution < -0.4 is 5.73 Å². The van der Waals surface area contributed by atoms with Crippen LogP contribution in [-0.4, -0.2) is 0 Å². The Labute approximate surface area is 144 Å². The van der Waals surface area contributed by atoms with Gasteiger partial charge in [-0.3, -0.25) is 0 Å². The zero-order chi connectivity index (χ0) is 15.2. The number of fused-ring (bicyclic) bond motifs is 1. The van der Waals surface area contributed by atoms with E-state index in [9.17, 15) is 0 Å². The van der Waals surface area contributed by atoms with E-state index in [1.165, 1.54) is 33.4 Å². The molecule has 0 saturated heterocycles. The van der Waals surface area contributed by atoms with Crippen LogP contribution in [0.4, 0.5) is 0 Å². The maximum atomic E-state index is 5.63. The monoisotopic (exact) mass is 394 g/mol. The summed E-state index contributed by atoms with van der Waals surface area (Å²) in [6, 6.07) is 15.0. The molecule has 0 aliphatic heterocycles. The molecule has 2 aromatic carbocycles. The second-order valence-electron chi connectivity index (χ2n) is 4.81. The van der Waals surface area contributed by atoms with Crippen LogP contribution in [0.3, 0.4) is 0 Å². The molecule has 2 aromatic rings. The van der Waals surface area contributed by atoms with E-state index in [1.807, 2.05) is 0 Å². The van der Waals surface area contributed by atoms with Gasteiger partial charge in [-0.2, -0.15) is 0 Å². The van der Waals surface area contributed by atoms with Gasteiger partial charge in [0.2, 0.25) is 0 Å². The zero-order valence-corrected chi connectivity index (χ0v) is 15.7. The van der Waals surface area contributed by atoms with E-state index in [0.717, 1.165) is 0 Å². The SMILES string of the molecule is CC1=Cc2c(cccc2-c2ccc(CN)cc2)[CH]1.[Cl][Zr][Cl]. The van der Waals surface area contributed by atoms with E-state index in [0.29, 0.717) is 6.54 Å². The molecule has 1 aliphatic rings. The molecule has 0 aromatic heterocycles. The van der Waals surface area contributed by atoms with Crippen molar-refractivity contribution < 1.29 is 20.8 Å². The number of hydrogen-bond acceptors (Lipinski definition) is 1. The van der Waals surface area contributed by atoms with Crippen LogP contribution in [0.15, 0.2) is 48.0 Å². The molecular formula is C17H16Cl2NZr. The average molecular weight is 396 g/mol. The van der Waals surface area contributed by atoms with Gasteiger partial charge in [-0.15, -0.1) is 0 Å². The van der Waals surface area contributed by atoms with Crippen molar-refractivity contribution in [2.75, 3.05) is 0 Å². The predicted octanol–water partition coefficient (Wildman–Crippen LogP) is 5.16. The van der Waals surface area contributed by atoms with Crippen LogP contribution in [0.25, 0.3) is 17.2 Å². The first-order valence-electron chi connectivity index (χ1n) is 6.61. The molecule has 0 heterocycles. The molecule has 1 radical (unpaired) electrons. The predicted molar refractivity (Wildman–Crippen MR) is 88.5 cm³/mol. The second-order valence-corrected chi connectivity index (χ2v) is 8.55. The van der Waals surface area contributed by atoms with Crippen LogP contribution in [-0.2, 0) is 27.4 Å². The Morgan fingerprint density at radius 1 is 1.05 bits per heavy atom. The van der Waals surface area contributed by atoms with Crippen molar-refractivity contribution in [2.24, 2.45) is 5.73 Å². The van der Waals surface area contributed by atoms with Gasteiger partial charge in [0.1, 0.15) is 0 Å². The molecule has 0 atom stereocenters. The van der Waals surface area contributed by atoms with Gasteiger partial charge in [-0.05, 0) is 34.7 Å². The molecule has 0 bridgehead atoms. The van der Waals surface area contributed by atoms with Crippen molar-refractivity contribution in [2.45, 2.75) is 13.5 Å². The van der Waals surface area contributed by atoms with Crippen molar-refractivity contribution in [3.63, 3.8) is 0 Å². The molecule has 1 nitrogen and oxygen atoms in total. The Morgan fingerprint density at radius 3 is 2.33 bits per heavy atom. The fourth-order valence-electron chi connectivity index (χ4n) is 2.46. The van der Waals surface area contributed by atoms with Crippen LogP contribution in [0, 0.1) is 6.42 Å². The number of rotatable bonds is 2. The quantitative estimate of drug-likeness (QED) is 0.746. The number of halogens is 2. The molecule has 0 amide bonds. The molecule has 0 saturated carbocycles. The molecule has 107 valence electrons. The number of nitrogens with two attached hydrogens (primary N) is 1. The summed E-state index contributed by atoms with van der Waals surface area (Å²) >= 11 is -0.826. The van der Waals surface area contributed by atoms with Gasteiger partial charge in [0, 0.05) is 13.0 Å².